The van der Waals surface area contributed by atoms with E-state index in [1.807, 2.05) is 29.2 Å². The first-order valence-corrected chi connectivity index (χ1v) is 9.56. The van der Waals surface area contributed by atoms with E-state index in [0.29, 0.717) is 5.75 Å². The minimum Gasteiger partial charge on any atom is -0.497 e. The van der Waals surface area contributed by atoms with E-state index in [-0.39, 0.29) is 12.5 Å². The van der Waals surface area contributed by atoms with Crippen LogP contribution in [0.15, 0.2) is 24.3 Å². The molecule has 0 bridgehead atoms. The molecule has 1 aliphatic carbocycles. The fourth-order valence-corrected chi connectivity index (χ4v) is 4.25. The Bertz CT molecular complexity index is 553. The number of carbonyl (C=O) groups is 1. The second kappa shape index (κ2) is 8.56. The number of ether oxygens (including phenoxy) is 2. The van der Waals surface area contributed by atoms with Gasteiger partial charge >= 0.3 is 0 Å². The maximum atomic E-state index is 12.4. The summed E-state index contributed by atoms with van der Waals surface area (Å²) in [6.45, 7) is 6.36. The molecular weight excluding hydrogens is 316 g/mol. The Morgan fingerprint density at radius 3 is 2.40 bits per heavy atom. The van der Waals surface area contributed by atoms with Gasteiger partial charge in [-0.3, -0.25) is 4.79 Å². The van der Waals surface area contributed by atoms with Crippen LogP contribution in [0.5, 0.6) is 11.5 Å². The monoisotopic (exact) mass is 347 g/mol. The Morgan fingerprint density at radius 2 is 1.76 bits per heavy atom. The first-order valence-electron chi connectivity index (χ1n) is 9.56. The van der Waals surface area contributed by atoms with Crippen LogP contribution in [0, 0.1) is 5.92 Å². The number of methoxy groups -OCH3 is 1. The standard InChI is InChI=1S/C20H30N2O3/c1-16-5-3-4-6-19(16)21-11-13-22(14-12-21)20(23)15-25-18-9-7-17(24-2)8-10-18/h7-10,16,19H,3-6,11-15H2,1-2H3/p+1/t16-,19+/m0/s1. The number of piperazine rings is 1. The van der Waals surface area contributed by atoms with Crippen molar-refractivity contribution in [3.05, 3.63) is 24.3 Å². The molecule has 1 aromatic rings. The topological polar surface area (TPSA) is 43.2 Å². The number of hydrogen-bond acceptors (Lipinski definition) is 3. The average molecular weight is 347 g/mol. The normalized spacial score (nSPS) is 24.8. The number of rotatable bonds is 5. The first kappa shape index (κ1) is 18.1. The van der Waals surface area contributed by atoms with E-state index in [0.717, 1.165) is 43.9 Å². The largest absolute Gasteiger partial charge is 0.497 e. The Morgan fingerprint density at radius 1 is 1.12 bits per heavy atom. The van der Waals surface area contributed by atoms with Gasteiger partial charge in [-0.25, -0.2) is 0 Å². The molecule has 1 saturated carbocycles. The van der Waals surface area contributed by atoms with Crippen LogP contribution >= 0.6 is 0 Å². The molecule has 2 fully saturated rings. The van der Waals surface area contributed by atoms with Crippen molar-refractivity contribution in [3.63, 3.8) is 0 Å². The lowest BCUT2D eigenvalue weighted by molar-refractivity contribution is -0.934. The molecule has 25 heavy (non-hydrogen) atoms. The molecule has 1 aromatic carbocycles. The third-order valence-corrected chi connectivity index (χ3v) is 5.82. The maximum Gasteiger partial charge on any atom is 0.260 e. The van der Waals surface area contributed by atoms with Crippen molar-refractivity contribution in [2.24, 2.45) is 5.92 Å². The van der Waals surface area contributed by atoms with Crippen LogP contribution in [-0.4, -0.2) is 56.7 Å². The van der Waals surface area contributed by atoms with Gasteiger partial charge in [0.25, 0.3) is 5.91 Å². The van der Waals surface area contributed by atoms with Crippen LogP contribution in [0.2, 0.25) is 0 Å². The summed E-state index contributed by atoms with van der Waals surface area (Å²) in [4.78, 5) is 16.1. The predicted molar refractivity (Wildman–Crippen MR) is 97.2 cm³/mol. The molecule has 5 nitrogen and oxygen atoms in total. The van der Waals surface area contributed by atoms with Gasteiger partial charge in [0.15, 0.2) is 6.61 Å². The SMILES string of the molecule is COc1ccc(OCC(=O)N2CC[NH+]([C@@H]3CCCC[C@@H]3C)CC2)cc1. The fraction of sp³-hybridized carbons (Fsp3) is 0.650. The van der Waals surface area contributed by atoms with Crippen molar-refractivity contribution in [1.29, 1.82) is 0 Å². The van der Waals surface area contributed by atoms with Gasteiger partial charge < -0.3 is 19.3 Å². The molecule has 1 amide bonds. The molecule has 2 aliphatic rings. The molecule has 0 radical (unpaired) electrons. The molecule has 1 saturated heterocycles. The van der Waals surface area contributed by atoms with Crippen LogP contribution in [0.25, 0.3) is 0 Å². The summed E-state index contributed by atoms with van der Waals surface area (Å²) >= 11 is 0. The zero-order valence-corrected chi connectivity index (χ0v) is 15.5. The van der Waals surface area contributed by atoms with Crippen LogP contribution in [0.3, 0.4) is 0 Å². The third kappa shape index (κ3) is 4.66. The van der Waals surface area contributed by atoms with Crippen molar-refractivity contribution >= 4 is 5.91 Å². The summed E-state index contributed by atoms with van der Waals surface area (Å²) in [5.74, 6) is 2.40. The summed E-state index contributed by atoms with van der Waals surface area (Å²) in [5.41, 5.74) is 0. The van der Waals surface area contributed by atoms with Gasteiger partial charge in [0, 0.05) is 5.92 Å². The van der Waals surface area contributed by atoms with Crippen LogP contribution in [-0.2, 0) is 4.79 Å². The van der Waals surface area contributed by atoms with Gasteiger partial charge in [-0.1, -0.05) is 13.3 Å². The highest BCUT2D eigenvalue weighted by atomic mass is 16.5. The lowest BCUT2D eigenvalue weighted by atomic mass is 9.84. The molecule has 3 rings (SSSR count). The van der Waals surface area contributed by atoms with Crippen molar-refractivity contribution in [3.8, 4) is 11.5 Å². The van der Waals surface area contributed by atoms with Crippen LogP contribution in [0.1, 0.15) is 32.6 Å². The van der Waals surface area contributed by atoms with E-state index >= 15 is 0 Å². The van der Waals surface area contributed by atoms with E-state index in [1.165, 1.54) is 25.7 Å². The quantitative estimate of drug-likeness (QED) is 0.875. The van der Waals surface area contributed by atoms with Crippen LogP contribution < -0.4 is 14.4 Å². The first-order chi connectivity index (χ1) is 12.2. The molecule has 138 valence electrons. The molecule has 1 aliphatic heterocycles. The van der Waals surface area contributed by atoms with Crippen molar-refractivity contribution < 1.29 is 19.2 Å². The second-order valence-electron chi connectivity index (χ2n) is 7.37. The number of hydrogen-bond donors (Lipinski definition) is 1. The van der Waals surface area contributed by atoms with Gasteiger partial charge in [-0.15, -0.1) is 0 Å². The highest BCUT2D eigenvalue weighted by Crippen LogP contribution is 2.22. The zero-order valence-electron chi connectivity index (χ0n) is 15.5. The number of amides is 1. The zero-order chi connectivity index (χ0) is 17.6. The number of nitrogens with zero attached hydrogens (tertiary/aromatic N) is 1. The van der Waals surface area contributed by atoms with Crippen molar-refractivity contribution in [2.45, 2.75) is 38.6 Å². The predicted octanol–water partition coefficient (Wildman–Crippen LogP) is 1.38. The van der Waals surface area contributed by atoms with Crippen LogP contribution in [0.4, 0.5) is 0 Å². The number of quaternary nitrogens is 1. The number of nitrogens with one attached hydrogen (secondary N) is 1. The fourth-order valence-electron chi connectivity index (χ4n) is 4.25. The highest BCUT2D eigenvalue weighted by molar-refractivity contribution is 5.77. The third-order valence-electron chi connectivity index (χ3n) is 5.82. The maximum absolute atomic E-state index is 12.4. The van der Waals surface area contributed by atoms with Crippen molar-refractivity contribution in [2.75, 3.05) is 39.9 Å². The summed E-state index contributed by atoms with van der Waals surface area (Å²) in [5, 5.41) is 0. The Labute approximate surface area is 150 Å². The highest BCUT2D eigenvalue weighted by Gasteiger charge is 2.33. The molecule has 2 atom stereocenters. The second-order valence-corrected chi connectivity index (χ2v) is 7.37. The number of carbonyl (C=O) groups excluding carboxylic acids is 1. The number of benzene rings is 1. The Balaban J connectivity index is 1.43. The smallest absolute Gasteiger partial charge is 0.260 e. The van der Waals surface area contributed by atoms with Gasteiger partial charge in [0.1, 0.15) is 11.5 Å². The van der Waals surface area contributed by atoms with Gasteiger partial charge in [-0.05, 0) is 43.5 Å². The average Bonchev–Trinajstić information content (AvgIpc) is 2.67. The Kier molecular flexibility index (Phi) is 6.19. The van der Waals surface area contributed by atoms with E-state index in [2.05, 4.69) is 6.92 Å². The molecule has 1 N–H and O–H groups in total. The van der Waals surface area contributed by atoms with Gasteiger partial charge in [-0.2, -0.15) is 0 Å². The molecular formula is C20H31N2O3+. The summed E-state index contributed by atoms with van der Waals surface area (Å²) < 4.78 is 10.8. The summed E-state index contributed by atoms with van der Waals surface area (Å²) in [6, 6.07) is 8.14. The lowest BCUT2D eigenvalue weighted by Gasteiger charge is -2.40. The van der Waals surface area contributed by atoms with E-state index in [9.17, 15) is 4.79 Å². The molecule has 1 heterocycles. The molecule has 0 unspecified atom stereocenters. The van der Waals surface area contributed by atoms with E-state index in [1.54, 1.807) is 12.0 Å². The molecule has 5 heteroatoms. The molecule has 0 spiro atoms. The van der Waals surface area contributed by atoms with Crippen molar-refractivity contribution in [1.82, 2.24) is 4.90 Å². The molecule has 0 aromatic heterocycles. The van der Waals surface area contributed by atoms with E-state index < -0.39 is 0 Å². The Hall–Kier alpha value is -1.75. The minimum absolute atomic E-state index is 0.0894. The van der Waals surface area contributed by atoms with E-state index in [4.69, 9.17) is 9.47 Å². The summed E-state index contributed by atoms with van der Waals surface area (Å²) in [7, 11) is 1.63. The van der Waals surface area contributed by atoms with Gasteiger partial charge in [0.2, 0.25) is 0 Å². The minimum atomic E-state index is 0.0894. The lowest BCUT2D eigenvalue weighted by Crippen LogP contribution is -3.19. The van der Waals surface area contributed by atoms with Gasteiger partial charge in [0.05, 0.1) is 39.3 Å². The summed E-state index contributed by atoms with van der Waals surface area (Å²) in [6.07, 6.45) is 5.48.